The summed E-state index contributed by atoms with van der Waals surface area (Å²) in [4.78, 5) is 18.6. The number of hydrogen-bond donors (Lipinski definition) is 0. The number of nitrogens with zero attached hydrogens (tertiary/aromatic N) is 3. The van der Waals surface area contributed by atoms with E-state index in [1.807, 2.05) is 15.7 Å². The van der Waals surface area contributed by atoms with E-state index in [4.69, 9.17) is 0 Å². The zero-order valence-corrected chi connectivity index (χ0v) is 11.4. The zero-order valence-electron chi connectivity index (χ0n) is 11.4. The van der Waals surface area contributed by atoms with Crippen molar-refractivity contribution < 1.29 is 4.79 Å². The number of aromatic nitrogens is 2. The molecule has 1 saturated carbocycles. The number of likely N-dealkylation sites (tertiary alicyclic amines) is 1. The highest BCUT2D eigenvalue weighted by molar-refractivity contribution is 5.92. The molecule has 3 atom stereocenters. The lowest BCUT2D eigenvalue weighted by Crippen LogP contribution is -2.31. The van der Waals surface area contributed by atoms with Gasteiger partial charge in [-0.15, -0.1) is 0 Å². The molecule has 0 radical (unpaired) electrons. The SMILES string of the molecule is CC[C@H](C)n1cnc(C(=O)N2CC3CC3(C)C2)c1. The lowest BCUT2D eigenvalue weighted by Gasteiger charge is -2.18. The van der Waals surface area contributed by atoms with Gasteiger partial charge in [0.05, 0.1) is 6.33 Å². The molecule has 1 aliphatic carbocycles. The van der Waals surface area contributed by atoms with Crippen LogP contribution in [0.4, 0.5) is 0 Å². The molecule has 4 nitrogen and oxygen atoms in total. The van der Waals surface area contributed by atoms with E-state index >= 15 is 0 Å². The first-order valence-corrected chi connectivity index (χ1v) is 6.86. The van der Waals surface area contributed by atoms with Crippen LogP contribution in [-0.2, 0) is 0 Å². The minimum atomic E-state index is 0.102. The van der Waals surface area contributed by atoms with Gasteiger partial charge in [0, 0.05) is 25.3 Å². The number of hydrogen-bond acceptors (Lipinski definition) is 2. The number of carbonyl (C=O) groups is 1. The quantitative estimate of drug-likeness (QED) is 0.822. The van der Waals surface area contributed by atoms with Gasteiger partial charge in [0.15, 0.2) is 0 Å². The van der Waals surface area contributed by atoms with Crippen molar-refractivity contribution in [3.63, 3.8) is 0 Å². The van der Waals surface area contributed by atoms with E-state index in [-0.39, 0.29) is 5.91 Å². The summed E-state index contributed by atoms with van der Waals surface area (Å²) in [6, 6.07) is 0.406. The van der Waals surface area contributed by atoms with Crippen molar-refractivity contribution in [2.24, 2.45) is 11.3 Å². The van der Waals surface area contributed by atoms with Crippen molar-refractivity contribution in [3.05, 3.63) is 18.2 Å². The van der Waals surface area contributed by atoms with Gasteiger partial charge in [-0.3, -0.25) is 4.79 Å². The fraction of sp³-hybridized carbons (Fsp3) is 0.714. The Hall–Kier alpha value is -1.32. The lowest BCUT2D eigenvalue weighted by atomic mass is 10.1. The second-order valence-corrected chi connectivity index (χ2v) is 6.20. The van der Waals surface area contributed by atoms with Crippen molar-refractivity contribution >= 4 is 5.91 Å². The number of carbonyl (C=O) groups excluding carboxylic acids is 1. The van der Waals surface area contributed by atoms with Gasteiger partial charge in [0.1, 0.15) is 5.69 Å². The summed E-state index contributed by atoms with van der Waals surface area (Å²) in [6.07, 6.45) is 6.01. The maximum absolute atomic E-state index is 12.3. The lowest BCUT2D eigenvalue weighted by molar-refractivity contribution is 0.0761. The summed E-state index contributed by atoms with van der Waals surface area (Å²) in [5.41, 5.74) is 1.01. The van der Waals surface area contributed by atoms with Crippen LogP contribution in [0.5, 0.6) is 0 Å². The highest BCUT2D eigenvalue weighted by atomic mass is 16.2. The minimum Gasteiger partial charge on any atom is -0.336 e. The van der Waals surface area contributed by atoms with E-state index in [1.54, 1.807) is 6.33 Å². The van der Waals surface area contributed by atoms with Crippen LogP contribution in [0.3, 0.4) is 0 Å². The molecule has 18 heavy (non-hydrogen) atoms. The number of piperidine rings is 1. The van der Waals surface area contributed by atoms with Crippen LogP contribution in [0.15, 0.2) is 12.5 Å². The Bertz CT molecular complexity index is 481. The molecule has 2 unspecified atom stereocenters. The largest absolute Gasteiger partial charge is 0.336 e. The van der Waals surface area contributed by atoms with E-state index in [0.29, 0.717) is 17.2 Å². The van der Waals surface area contributed by atoms with Crippen molar-refractivity contribution in [1.29, 1.82) is 0 Å². The molecule has 2 heterocycles. The van der Waals surface area contributed by atoms with Crippen LogP contribution >= 0.6 is 0 Å². The molecular weight excluding hydrogens is 226 g/mol. The topological polar surface area (TPSA) is 38.1 Å². The number of imidazole rings is 1. The number of rotatable bonds is 3. The Balaban J connectivity index is 1.71. The second kappa shape index (κ2) is 3.84. The minimum absolute atomic E-state index is 0.102. The van der Waals surface area contributed by atoms with Gasteiger partial charge < -0.3 is 9.47 Å². The fourth-order valence-electron chi connectivity index (χ4n) is 2.96. The maximum atomic E-state index is 12.3. The zero-order chi connectivity index (χ0) is 12.9. The molecule has 0 bridgehead atoms. The van der Waals surface area contributed by atoms with Gasteiger partial charge in [-0.05, 0) is 31.1 Å². The summed E-state index contributed by atoms with van der Waals surface area (Å²) < 4.78 is 2.03. The fourth-order valence-corrected chi connectivity index (χ4v) is 2.96. The molecule has 1 aliphatic heterocycles. The summed E-state index contributed by atoms with van der Waals surface area (Å²) in [6.45, 7) is 8.39. The van der Waals surface area contributed by atoms with Crippen LogP contribution in [0.1, 0.15) is 50.1 Å². The molecule has 1 aromatic heterocycles. The van der Waals surface area contributed by atoms with E-state index in [0.717, 1.165) is 25.4 Å². The smallest absolute Gasteiger partial charge is 0.274 e. The van der Waals surface area contributed by atoms with Crippen LogP contribution in [0.2, 0.25) is 0 Å². The molecule has 0 spiro atoms. The third-order valence-electron chi connectivity index (χ3n) is 4.74. The van der Waals surface area contributed by atoms with Crippen LogP contribution < -0.4 is 0 Å². The van der Waals surface area contributed by atoms with Gasteiger partial charge in [-0.1, -0.05) is 13.8 Å². The van der Waals surface area contributed by atoms with Crippen molar-refractivity contribution in [3.8, 4) is 0 Å². The normalized spacial score (nSPS) is 31.3. The van der Waals surface area contributed by atoms with E-state index in [9.17, 15) is 4.79 Å². The Kier molecular flexibility index (Phi) is 2.50. The first kappa shape index (κ1) is 11.8. The summed E-state index contributed by atoms with van der Waals surface area (Å²) in [5, 5.41) is 0. The van der Waals surface area contributed by atoms with Gasteiger partial charge in [0.25, 0.3) is 5.91 Å². The molecule has 1 saturated heterocycles. The molecular formula is C14H21N3O. The summed E-state index contributed by atoms with van der Waals surface area (Å²) in [7, 11) is 0. The highest BCUT2D eigenvalue weighted by Gasteiger charge is 2.57. The number of fused-ring (bicyclic) bond motifs is 1. The Morgan fingerprint density at radius 2 is 2.44 bits per heavy atom. The summed E-state index contributed by atoms with van der Waals surface area (Å²) in [5.74, 6) is 0.837. The monoisotopic (exact) mass is 247 g/mol. The van der Waals surface area contributed by atoms with Gasteiger partial charge in [-0.2, -0.15) is 0 Å². The first-order valence-electron chi connectivity index (χ1n) is 6.86. The molecule has 2 fully saturated rings. The van der Waals surface area contributed by atoms with Gasteiger partial charge >= 0.3 is 0 Å². The molecule has 3 rings (SSSR count). The standard InChI is InChI=1S/C14H21N3O/c1-4-10(2)17-7-12(15-9-17)13(18)16-6-11-5-14(11,3)8-16/h7,9-11H,4-6,8H2,1-3H3/t10-,11?,14?/m0/s1. The van der Waals surface area contributed by atoms with Gasteiger partial charge in [0.2, 0.25) is 0 Å². The van der Waals surface area contributed by atoms with E-state index < -0.39 is 0 Å². The maximum Gasteiger partial charge on any atom is 0.274 e. The van der Waals surface area contributed by atoms with E-state index in [1.165, 1.54) is 6.42 Å². The molecule has 4 heteroatoms. The molecule has 98 valence electrons. The van der Waals surface area contributed by atoms with Crippen molar-refractivity contribution in [1.82, 2.24) is 14.5 Å². The van der Waals surface area contributed by atoms with Crippen molar-refractivity contribution in [2.75, 3.05) is 13.1 Å². The third kappa shape index (κ3) is 1.74. The number of amides is 1. The Morgan fingerprint density at radius 1 is 1.67 bits per heavy atom. The van der Waals surface area contributed by atoms with Crippen LogP contribution in [-0.4, -0.2) is 33.4 Å². The molecule has 1 aromatic rings. The average Bonchev–Trinajstić information content (AvgIpc) is 2.75. The van der Waals surface area contributed by atoms with Crippen LogP contribution in [0, 0.1) is 11.3 Å². The van der Waals surface area contributed by atoms with Gasteiger partial charge in [-0.25, -0.2) is 4.98 Å². The van der Waals surface area contributed by atoms with Crippen LogP contribution in [0.25, 0.3) is 0 Å². The molecule has 0 N–H and O–H groups in total. The summed E-state index contributed by atoms with van der Waals surface area (Å²) >= 11 is 0. The van der Waals surface area contributed by atoms with E-state index in [2.05, 4.69) is 25.8 Å². The predicted octanol–water partition coefficient (Wildman–Crippen LogP) is 2.34. The molecule has 2 aliphatic rings. The molecule has 0 aromatic carbocycles. The molecule has 1 amide bonds. The first-order chi connectivity index (χ1) is 8.53. The highest BCUT2D eigenvalue weighted by Crippen LogP contribution is 2.57. The average molecular weight is 247 g/mol. The Labute approximate surface area is 108 Å². The Morgan fingerprint density at radius 3 is 3.06 bits per heavy atom. The predicted molar refractivity (Wildman–Crippen MR) is 69.3 cm³/mol. The third-order valence-corrected chi connectivity index (χ3v) is 4.74. The second-order valence-electron chi connectivity index (χ2n) is 6.20. The van der Waals surface area contributed by atoms with Crippen molar-refractivity contribution in [2.45, 2.75) is 39.7 Å².